The van der Waals surface area contributed by atoms with Crippen molar-refractivity contribution in [2.75, 3.05) is 0 Å². The average molecular weight is 266 g/mol. The monoisotopic (exact) mass is 266 g/mol. The lowest BCUT2D eigenvalue weighted by Gasteiger charge is -2.12. The Balaban J connectivity index is 1.85. The van der Waals surface area contributed by atoms with Crippen LogP contribution < -0.4 is 0 Å². The fourth-order valence-electron chi connectivity index (χ4n) is 2.20. The van der Waals surface area contributed by atoms with Gasteiger partial charge in [0.05, 0.1) is 18.3 Å². The van der Waals surface area contributed by atoms with Crippen LogP contribution in [0.2, 0.25) is 0 Å². The first-order chi connectivity index (χ1) is 9.04. The molecule has 0 aliphatic heterocycles. The molecule has 0 radical (unpaired) electrons. The molecule has 3 rings (SSSR count). The Morgan fingerprint density at radius 3 is 2.63 bits per heavy atom. The van der Waals surface area contributed by atoms with Crippen molar-refractivity contribution in [3.05, 3.63) is 53.3 Å². The van der Waals surface area contributed by atoms with E-state index in [0.29, 0.717) is 5.92 Å². The van der Waals surface area contributed by atoms with Gasteiger partial charge in [0.2, 0.25) is 0 Å². The van der Waals surface area contributed by atoms with E-state index in [9.17, 15) is 13.2 Å². The molecule has 0 N–H and O–H groups in total. The van der Waals surface area contributed by atoms with Gasteiger partial charge in [-0.05, 0) is 36.0 Å². The summed E-state index contributed by atoms with van der Waals surface area (Å²) in [5, 5.41) is 4.15. The van der Waals surface area contributed by atoms with Crippen LogP contribution in [-0.4, -0.2) is 9.78 Å². The Morgan fingerprint density at radius 1 is 1.21 bits per heavy atom. The van der Waals surface area contributed by atoms with Gasteiger partial charge >= 0.3 is 6.18 Å². The van der Waals surface area contributed by atoms with Gasteiger partial charge in [-0.15, -0.1) is 0 Å². The zero-order chi connectivity index (χ0) is 13.5. The van der Waals surface area contributed by atoms with E-state index in [1.54, 1.807) is 16.9 Å². The predicted octanol–water partition coefficient (Wildman–Crippen LogP) is 3.83. The number of halogens is 3. The first-order valence-corrected chi connectivity index (χ1v) is 6.21. The van der Waals surface area contributed by atoms with Crippen LogP contribution in [0.15, 0.2) is 36.7 Å². The molecule has 5 heteroatoms. The summed E-state index contributed by atoms with van der Waals surface area (Å²) in [7, 11) is 0. The van der Waals surface area contributed by atoms with Crippen LogP contribution in [0.25, 0.3) is 0 Å². The van der Waals surface area contributed by atoms with Crippen LogP contribution in [0.3, 0.4) is 0 Å². The van der Waals surface area contributed by atoms with Crippen LogP contribution in [0.5, 0.6) is 0 Å². The molecule has 1 saturated carbocycles. The smallest absolute Gasteiger partial charge is 0.268 e. The van der Waals surface area contributed by atoms with Crippen molar-refractivity contribution in [1.29, 1.82) is 0 Å². The lowest BCUT2D eigenvalue weighted by molar-refractivity contribution is -0.138. The zero-order valence-electron chi connectivity index (χ0n) is 10.2. The third kappa shape index (κ3) is 2.64. The first kappa shape index (κ1) is 12.3. The molecule has 1 aromatic heterocycles. The molecule has 2 nitrogen and oxygen atoms in total. The zero-order valence-corrected chi connectivity index (χ0v) is 10.2. The van der Waals surface area contributed by atoms with E-state index in [1.165, 1.54) is 12.1 Å². The molecule has 1 fully saturated rings. The van der Waals surface area contributed by atoms with Crippen molar-refractivity contribution in [3.8, 4) is 0 Å². The third-order valence-electron chi connectivity index (χ3n) is 3.36. The fourth-order valence-corrected chi connectivity index (χ4v) is 2.20. The number of rotatable bonds is 3. The largest absolute Gasteiger partial charge is 0.416 e. The fraction of sp³-hybridized carbons (Fsp3) is 0.357. The molecule has 1 aliphatic rings. The van der Waals surface area contributed by atoms with Crippen molar-refractivity contribution in [2.24, 2.45) is 0 Å². The minimum Gasteiger partial charge on any atom is -0.268 e. The molecule has 0 atom stereocenters. The van der Waals surface area contributed by atoms with Crippen molar-refractivity contribution >= 4 is 0 Å². The molecule has 2 aromatic rings. The van der Waals surface area contributed by atoms with Crippen molar-refractivity contribution < 1.29 is 13.2 Å². The lowest BCUT2D eigenvalue weighted by atomic mass is 10.1. The number of alkyl halides is 3. The third-order valence-corrected chi connectivity index (χ3v) is 3.36. The molecule has 0 saturated heterocycles. The topological polar surface area (TPSA) is 17.8 Å². The van der Waals surface area contributed by atoms with E-state index in [2.05, 4.69) is 5.10 Å². The van der Waals surface area contributed by atoms with Crippen LogP contribution >= 0.6 is 0 Å². The number of aromatic nitrogens is 2. The van der Waals surface area contributed by atoms with Crippen LogP contribution in [0.4, 0.5) is 13.2 Å². The molecule has 0 amide bonds. The minimum absolute atomic E-state index is 0.155. The number of nitrogens with zero attached hydrogens (tertiary/aromatic N) is 2. The summed E-state index contributed by atoms with van der Waals surface area (Å²) in [6, 6.07) is 5.64. The molecular weight excluding hydrogens is 253 g/mol. The molecule has 1 aliphatic carbocycles. The van der Waals surface area contributed by atoms with E-state index in [1.807, 2.05) is 6.20 Å². The first-order valence-electron chi connectivity index (χ1n) is 6.21. The second kappa shape index (κ2) is 4.40. The highest BCUT2D eigenvalue weighted by atomic mass is 19.4. The summed E-state index contributed by atoms with van der Waals surface area (Å²) < 4.78 is 40.2. The second-order valence-corrected chi connectivity index (χ2v) is 4.90. The highest BCUT2D eigenvalue weighted by molar-refractivity contribution is 5.30. The van der Waals surface area contributed by atoms with Gasteiger partial charge in [-0.2, -0.15) is 18.3 Å². The summed E-state index contributed by atoms with van der Waals surface area (Å²) in [6.07, 6.45) is 1.61. The number of hydrogen-bond donors (Lipinski definition) is 0. The highest BCUT2D eigenvalue weighted by Crippen LogP contribution is 2.39. The molecule has 1 aromatic carbocycles. The van der Waals surface area contributed by atoms with Crippen LogP contribution in [-0.2, 0) is 12.7 Å². The van der Waals surface area contributed by atoms with E-state index in [0.717, 1.165) is 24.5 Å². The summed E-state index contributed by atoms with van der Waals surface area (Å²) >= 11 is 0. The summed E-state index contributed by atoms with van der Waals surface area (Å²) in [5.41, 5.74) is 0.795. The highest BCUT2D eigenvalue weighted by Gasteiger charge is 2.33. The van der Waals surface area contributed by atoms with Crippen molar-refractivity contribution in [3.63, 3.8) is 0 Å². The molecule has 100 valence electrons. The standard InChI is InChI=1S/C14H13F3N2/c15-14(16,17)13-4-2-1-3-11(13)8-19-9-12(7-18-19)10-5-6-10/h1-4,7,9-10H,5-6,8H2. The quantitative estimate of drug-likeness (QED) is 0.825. The molecule has 1 heterocycles. The van der Waals surface area contributed by atoms with Crippen molar-refractivity contribution in [2.45, 2.75) is 31.5 Å². The van der Waals surface area contributed by atoms with Crippen LogP contribution in [0, 0.1) is 0 Å². The SMILES string of the molecule is FC(F)(F)c1ccccc1Cn1cc(C2CC2)cn1. The van der Waals surface area contributed by atoms with E-state index in [4.69, 9.17) is 0 Å². The van der Waals surface area contributed by atoms with Gasteiger partial charge in [0.15, 0.2) is 0 Å². The average Bonchev–Trinajstić information content (AvgIpc) is 3.10. The molecule has 0 unspecified atom stereocenters. The number of hydrogen-bond acceptors (Lipinski definition) is 1. The summed E-state index contributed by atoms with van der Waals surface area (Å²) in [5.74, 6) is 0.562. The maximum atomic E-state index is 12.9. The van der Waals surface area contributed by atoms with Gasteiger partial charge in [0.1, 0.15) is 0 Å². The predicted molar refractivity (Wildman–Crippen MR) is 64.7 cm³/mol. The Bertz CT molecular complexity index is 582. The molecule has 19 heavy (non-hydrogen) atoms. The summed E-state index contributed by atoms with van der Waals surface area (Å²) in [4.78, 5) is 0. The van der Waals surface area contributed by atoms with Crippen LogP contribution in [0.1, 0.15) is 35.4 Å². The minimum atomic E-state index is -4.32. The second-order valence-electron chi connectivity index (χ2n) is 4.90. The Hall–Kier alpha value is -1.78. The van der Waals surface area contributed by atoms with Gasteiger partial charge in [0, 0.05) is 6.20 Å². The Morgan fingerprint density at radius 2 is 1.95 bits per heavy atom. The maximum Gasteiger partial charge on any atom is 0.416 e. The van der Waals surface area contributed by atoms with Gasteiger partial charge in [-0.1, -0.05) is 18.2 Å². The van der Waals surface area contributed by atoms with Gasteiger partial charge in [-0.3, -0.25) is 4.68 Å². The van der Waals surface area contributed by atoms with Gasteiger partial charge in [-0.25, -0.2) is 0 Å². The van der Waals surface area contributed by atoms with E-state index < -0.39 is 11.7 Å². The van der Waals surface area contributed by atoms with Crippen molar-refractivity contribution in [1.82, 2.24) is 9.78 Å². The van der Waals surface area contributed by atoms with E-state index >= 15 is 0 Å². The summed E-state index contributed by atoms with van der Waals surface area (Å²) in [6.45, 7) is 0.155. The van der Waals surface area contributed by atoms with Gasteiger partial charge < -0.3 is 0 Å². The number of benzene rings is 1. The molecule has 0 bridgehead atoms. The normalized spacial score (nSPS) is 15.7. The Kier molecular flexibility index (Phi) is 2.84. The van der Waals surface area contributed by atoms with E-state index in [-0.39, 0.29) is 12.1 Å². The lowest BCUT2D eigenvalue weighted by Crippen LogP contribution is -2.11. The van der Waals surface area contributed by atoms with Gasteiger partial charge in [0.25, 0.3) is 0 Å². The maximum absolute atomic E-state index is 12.9. The Labute approximate surface area is 108 Å². The molecular formula is C14H13F3N2. The molecule has 0 spiro atoms.